The molecule has 0 bridgehead atoms. The van der Waals surface area contributed by atoms with Crippen molar-refractivity contribution in [3.63, 3.8) is 0 Å². The van der Waals surface area contributed by atoms with Crippen LogP contribution in [0.25, 0.3) is 0 Å². The molecule has 19 heavy (non-hydrogen) atoms. The Morgan fingerprint density at radius 3 is 2.53 bits per heavy atom. The third-order valence-corrected chi connectivity index (χ3v) is 6.72. The number of nitrogens with one attached hydrogen (secondary N) is 1. The van der Waals surface area contributed by atoms with Gasteiger partial charge in [-0.3, -0.25) is 4.79 Å². The van der Waals surface area contributed by atoms with Crippen LogP contribution in [0.3, 0.4) is 0 Å². The molecule has 0 spiro atoms. The summed E-state index contributed by atoms with van der Waals surface area (Å²) in [5.74, 6) is -0.247. The van der Waals surface area contributed by atoms with Gasteiger partial charge in [-0.15, -0.1) is 34.5 Å². The SMILES string of the molecule is C[C@]1(C(=O)NCc2ccc(S(N)(=O)=O)s2)CC1(Cl)Cl. The van der Waals surface area contributed by atoms with Crippen molar-refractivity contribution in [2.24, 2.45) is 10.6 Å². The molecular formula is C10H12Cl2N2O3S2. The topological polar surface area (TPSA) is 89.3 Å². The monoisotopic (exact) mass is 342 g/mol. The first-order chi connectivity index (χ1) is 8.56. The zero-order valence-electron chi connectivity index (χ0n) is 9.94. The second-order valence-electron chi connectivity index (χ2n) is 4.66. The number of alkyl halides is 2. The lowest BCUT2D eigenvalue weighted by molar-refractivity contribution is -0.125. The largest absolute Gasteiger partial charge is 0.351 e. The lowest BCUT2D eigenvalue weighted by Crippen LogP contribution is -2.32. The molecule has 1 aromatic rings. The molecule has 3 N–H and O–H groups in total. The second-order valence-corrected chi connectivity index (χ2v) is 9.10. The van der Waals surface area contributed by atoms with E-state index < -0.39 is 19.8 Å². The van der Waals surface area contributed by atoms with Crippen molar-refractivity contribution in [3.8, 4) is 0 Å². The van der Waals surface area contributed by atoms with Crippen LogP contribution in [0.15, 0.2) is 16.3 Å². The van der Waals surface area contributed by atoms with E-state index in [1.165, 1.54) is 6.07 Å². The van der Waals surface area contributed by atoms with Crippen molar-refractivity contribution in [2.45, 2.75) is 28.4 Å². The van der Waals surface area contributed by atoms with Crippen LogP contribution in [-0.4, -0.2) is 18.7 Å². The average Bonchev–Trinajstić information content (AvgIpc) is 2.67. The van der Waals surface area contributed by atoms with Crippen molar-refractivity contribution in [2.75, 3.05) is 0 Å². The number of amides is 1. The van der Waals surface area contributed by atoms with Crippen LogP contribution < -0.4 is 10.5 Å². The van der Waals surface area contributed by atoms with Crippen LogP contribution in [0.4, 0.5) is 0 Å². The van der Waals surface area contributed by atoms with Gasteiger partial charge in [-0.05, 0) is 25.5 Å². The minimum atomic E-state index is -3.69. The van der Waals surface area contributed by atoms with Gasteiger partial charge in [0.1, 0.15) is 8.54 Å². The molecule has 5 nitrogen and oxygen atoms in total. The number of nitrogens with two attached hydrogens (primary N) is 1. The average molecular weight is 343 g/mol. The summed E-state index contributed by atoms with van der Waals surface area (Å²) in [6.45, 7) is 1.91. The van der Waals surface area contributed by atoms with Gasteiger partial charge in [0.05, 0.1) is 12.0 Å². The molecule has 1 fully saturated rings. The third kappa shape index (κ3) is 2.90. The van der Waals surface area contributed by atoms with E-state index in [4.69, 9.17) is 28.3 Å². The highest BCUT2D eigenvalue weighted by Crippen LogP contribution is 2.63. The van der Waals surface area contributed by atoms with E-state index in [1.807, 2.05) is 0 Å². The van der Waals surface area contributed by atoms with Crippen LogP contribution >= 0.6 is 34.5 Å². The Bertz CT molecular complexity index is 626. The molecule has 0 unspecified atom stereocenters. The van der Waals surface area contributed by atoms with Crippen molar-refractivity contribution < 1.29 is 13.2 Å². The number of carbonyl (C=O) groups excluding carboxylic acids is 1. The standard InChI is InChI=1S/C10H12Cl2N2O3S2/c1-9(5-10(9,11)12)8(15)14-4-6-2-3-7(18-6)19(13,16)17/h2-3H,4-5H2,1H3,(H,14,15)(H2,13,16,17)/t9-/m1/s1. The normalized spacial score (nSPS) is 25.1. The molecular weight excluding hydrogens is 331 g/mol. The van der Waals surface area contributed by atoms with E-state index in [0.29, 0.717) is 11.3 Å². The van der Waals surface area contributed by atoms with E-state index >= 15 is 0 Å². The van der Waals surface area contributed by atoms with Gasteiger partial charge < -0.3 is 5.32 Å². The van der Waals surface area contributed by atoms with E-state index in [9.17, 15) is 13.2 Å². The Labute approximate surface area is 125 Å². The van der Waals surface area contributed by atoms with Gasteiger partial charge in [0.15, 0.2) is 0 Å². The highest BCUT2D eigenvalue weighted by molar-refractivity contribution is 7.91. The fourth-order valence-electron chi connectivity index (χ4n) is 1.61. The Hall–Kier alpha value is -0.340. The van der Waals surface area contributed by atoms with Gasteiger partial charge in [-0.25, -0.2) is 13.6 Å². The zero-order chi connectivity index (χ0) is 14.5. The lowest BCUT2D eigenvalue weighted by atomic mass is 10.1. The highest BCUT2D eigenvalue weighted by atomic mass is 35.5. The summed E-state index contributed by atoms with van der Waals surface area (Å²) < 4.78 is 21.3. The first kappa shape index (κ1) is 15.1. The third-order valence-electron chi connectivity index (χ3n) is 3.10. The van der Waals surface area contributed by atoms with Crippen molar-refractivity contribution in [3.05, 3.63) is 17.0 Å². The summed E-state index contributed by atoms with van der Waals surface area (Å²) in [6, 6.07) is 3.02. The van der Waals surface area contributed by atoms with E-state index in [0.717, 1.165) is 11.3 Å². The number of hydrogen-bond acceptors (Lipinski definition) is 4. The van der Waals surface area contributed by atoms with E-state index in [-0.39, 0.29) is 16.7 Å². The minimum absolute atomic E-state index is 0.0680. The van der Waals surface area contributed by atoms with Gasteiger partial charge >= 0.3 is 0 Å². The quantitative estimate of drug-likeness (QED) is 0.814. The number of rotatable bonds is 4. The lowest BCUT2D eigenvalue weighted by Gasteiger charge is -2.11. The molecule has 1 heterocycles. The summed E-state index contributed by atoms with van der Waals surface area (Å²) in [5.41, 5.74) is -0.782. The maximum atomic E-state index is 11.9. The Balaban J connectivity index is 1.97. The van der Waals surface area contributed by atoms with Crippen molar-refractivity contribution in [1.82, 2.24) is 5.32 Å². The van der Waals surface area contributed by atoms with Gasteiger partial charge in [-0.2, -0.15) is 0 Å². The Morgan fingerprint density at radius 2 is 2.11 bits per heavy atom. The van der Waals surface area contributed by atoms with Gasteiger partial charge in [0.2, 0.25) is 15.9 Å². The van der Waals surface area contributed by atoms with Crippen LogP contribution in [0, 0.1) is 5.41 Å². The summed E-state index contributed by atoms with van der Waals surface area (Å²) in [6.07, 6.45) is 0.405. The number of thiophene rings is 1. The van der Waals surface area contributed by atoms with Crippen LogP contribution in [0.1, 0.15) is 18.2 Å². The summed E-state index contributed by atoms with van der Waals surface area (Å²) in [7, 11) is -3.69. The molecule has 0 aliphatic heterocycles. The van der Waals surface area contributed by atoms with Crippen molar-refractivity contribution in [1.29, 1.82) is 0 Å². The molecule has 2 rings (SSSR count). The molecule has 1 amide bonds. The summed E-state index contributed by atoms with van der Waals surface area (Å²) in [5, 5.41) is 7.69. The molecule has 1 saturated carbocycles. The molecule has 1 aromatic heterocycles. The first-order valence-electron chi connectivity index (χ1n) is 5.34. The van der Waals surface area contributed by atoms with E-state index in [1.54, 1.807) is 13.0 Å². The predicted molar refractivity (Wildman–Crippen MR) is 74.7 cm³/mol. The molecule has 1 aliphatic carbocycles. The molecule has 106 valence electrons. The first-order valence-corrected chi connectivity index (χ1v) is 8.46. The molecule has 0 radical (unpaired) electrons. The summed E-state index contributed by atoms with van der Waals surface area (Å²) >= 11 is 12.8. The molecule has 0 aromatic carbocycles. The van der Waals surface area contributed by atoms with Crippen LogP contribution in [-0.2, 0) is 21.4 Å². The maximum absolute atomic E-state index is 11.9. The molecule has 0 saturated heterocycles. The number of sulfonamides is 1. The number of hydrogen-bond donors (Lipinski definition) is 2. The summed E-state index contributed by atoms with van der Waals surface area (Å²) in [4.78, 5) is 12.6. The van der Waals surface area contributed by atoms with Gasteiger partial charge in [-0.1, -0.05) is 0 Å². The minimum Gasteiger partial charge on any atom is -0.351 e. The zero-order valence-corrected chi connectivity index (χ0v) is 13.1. The fraction of sp³-hybridized carbons (Fsp3) is 0.500. The van der Waals surface area contributed by atoms with Gasteiger partial charge in [0, 0.05) is 4.88 Å². The van der Waals surface area contributed by atoms with Crippen LogP contribution in [0.5, 0.6) is 0 Å². The smallest absolute Gasteiger partial charge is 0.247 e. The van der Waals surface area contributed by atoms with Crippen molar-refractivity contribution >= 4 is 50.5 Å². The van der Waals surface area contributed by atoms with Gasteiger partial charge in [0.25, 0.3) is 0 Å². The molecule has 1 aliphatic rings. The van der Waals surface area contributed by atoms with E-state index in [2.05, 4.69) is 5.32 Å². The number of carbonyl (C=O) groups is 1. The molecule has 9 heteroatoms. The number of primary sulfonamides is 1. The highest BCUT2D eigenvalue weighted by Gasteiger charge is 2.67. The Morgan fingerprint density at radius 1 is 1.53 bits per heavy atom. The van der Waals surface area contributed by atoms with Crippen LogP contribution in [0.2, 0.25) is 0 Å². The predicted octanol–water partition coefficient (Wildman–Crippen LogP) is 1.60. The second kappa shape index (κ2) is 4.60. The Kier molecular flexibility index (Phi) is 3.64. The maximum Gasteiger partial charge on any atom is 0.247 e. The fourth-order valence-corrected chi connectivity index (χ4v) is 4.04. The molecule has 1 atom stereocenters. The number of halogens is 2.